The molecule has 0 radical (unpaired) electrons. The predicted molar refractivity (Wildman–Crippen MR) is 120 cm³/mol. The van der Waals surface area contributed by atoms with Gasteiger partial charge in [0.1, 0.15) is 12.4 Å². The summed E-state index contributed by atoms with van der Waals surface area (Å²) < 4.78 is 5.91. The van der Waals surface area contributed by atoms with E-state index in [1.165, 1.54) is 11.3 Å². The Morgan fingerprint density at radius 1 is 0.862 bits per heavy atom. The van der Waals surface area contributed by atoms with Crippen molar-refractivity contribution in [3.8, 4) is 5.75 Å². The summed E-state index contributed by atoms with van der Waals surface area (Å²) in [5.41, 5.74) is 4.81. The first-order valence-electron chi connectivity index (χ1n) is 10.1. The summed E-state index contributed by atoms with van der Waals surface area (Å²) in [7, 11) is 0. The van der Waals surface area contributed by atoms with Crippen LogP contribution in [0.5, 0.6) is 5.75 Å². The highest BCUT2D eigenvalue weighted by molar-refractivity contribution is 5.80. The van der Waals surface area contributed by atoms with Crippen LogP contribution < -0.4 is 9.64 Å². The van der Waals surface area contributed by atoms with Gasteiger partial charge in [-0.3, -0.25) is 5.01 Å². The summed E-state index contributed by atoms with van der Waals surface area (Å²) in [6.45, 7) is 6.52. The van der Waals surface area contributed by atoms with Gasteiger partial charge in [-0.2, -0.15) is 5.10 Å². The molecule has 148 valence electrons. The molecular weight excluding hydrogens is 358 g/mol. The van der Waals surface area contributed by atoms with E-state index >= 15 is 0 Å². The lowest BCUT2D eigenvalue weighted by Gasteiger charge is -2.34. The normalized spacial score (nSPS) is 14.4. The molecule has 4 nitrogen and oxygen atoms in total. The maximum atomic E-state index is 5.91. The van der Waals surface area contributed by atoms with E-state index in [4.69, 9.17) is 4.74 Å². The van der Waals surface area contributed by atoms with Crippen molar-refractivity contribution in [1.29, 1.82) is 0 Å². The van der Waals surface area contributed by atoms with E-state index < -0.39 is 0 Å². The third-order valence-electron chi connectivity index (χ3n) is 5.13. The van der Waals surface area contributed by atoms with E-state index in [0.717, 1.165) is 43.1 Å². The molecule has 3 aromatic carbocycles. The quantitative estimate of drug-likeness (QED) is 0.574. The molecule has 1 heterocycles. The molecule has 0 N–H and O–H groups in total. The molecular formula is C25H27N3O. The Labute approximate surface area is 173 Å². The summed E-state index contributed by atoms with van der Waals surface area (Å²) in [5, 5.41) is 6.82. The van der Waals surface area contributed by atoms with Crippen molar-refractivity contribution in [2.45, 2.75) is 13.5 Å². The number of aryl methyl sites for hydroxylation is 1. The molecule has 0 aromatic heterocycles. The van der Waals surface area contributed by atoms with Crippen molar-refractivity contribution in [3.63, 3.8) is 0 Å². The van der Waals surface area contributed by atoms with Crippen molar-refractivity contribution in [1.82, 2.24) is 5.01 Å². The van der Waals surface area contributed by atoms with Crippen LogP contribution in [0.4, 0.5) is 5.69 Å². The zero-order chi connectivity index (χ0) is 19.9. The van der Waals surface area contributed by atoms with Crippen molar-refractivity contribution in [3.05, 3.63) is 95.6 Å². The number of benzene rings is 3. The molecule has 0 spiro atoms. The summed E-state index contributed by atoms with van der Waals surface area (Å²) in [5.74, 6) is 0.863. The van der Waals surface area contributed by atoms with E-state index in [1.807, 2.05) is 42.6 Å². The van der Waals surface area contributed by atoms with Crippen LogP contribution in [0, 0.1) is 6.92 Å². The minimum absolute atomic E-state index is 0.572. The smallest absolute Gasteiger partial charge is 0.120 e. The molecule has 0 unspecified atom stereocenters. The fourth-order valence-corrected chi connectivity index (χ4v) is 3.40. The van der Waals surface area contributed by atoms with Gasteiger partial charge in [-0.15, -0.1) is 0 Å². The van der Waals surface area contributed by atoms with Gasteiger partial charge in [0, 0.05) is 18.8 Å². The van der Waals surface area contributed by atoms with E-state index in [0.29, 0.717) is 6.61 Å². The first-order valence-corrected chi connectivity index (χ1v) is 10.1. The highest BCUT2D eigenvalue weighted by atomic mass is 16.5. The molecule has 4 rings (SSSR count). The largest absolute Gasteiger partial charge is 0.489 e. The number of hydrogen-bond donors (Lipinski definition) is 0. The van der Waals surface area contributed by atoms with Crippen LogP contribution in [0.2, 0.25) is 0 Å². The van der Waals surface area contributed by atoms with Gasteiger partial charge in [0.25, 0.3) is 0 Å². The van der Waals surface area contributed by atoms with Gasteiger partial charge in [-0.25, -0.2) is 0 Å². The molecule has 1 saturated heterocycles. The van der Waals surface area contributed by atoms with E-state index in [-0.39, 0.29) is 0 Å². The zero-order valence-corrected chi connectivity index (χ0v) is 16.9. The zero-order valence-electron chi connectivity index (χ0n) is 16.9. The first kappa shape index (κ1) is 19.1. The standard InChI is InChI=1S/C25H27N3O/c1-21-10-12-24(13-11-21)27-14-16-28(17-15-27)26-19-23-8-5-9-25(18-23)29-20-22-6-3-2-4-7-22/h2-13,18-19H,14-17,20H2,1H3/b26-19-. The Bertz CT molecular complexity index is 930. The van der Waals surface area contributed by atoms with Crippen molar-refractivity contribution in [2.24, 2.45) is 5.10 Å². The number of nitrogens with zero attached hydrogens (tertiary/aromatic N) is 3. The highest BCUT2D eigenvalue weighted by Gasteiger charge is 2.15. The molecule has 0 aliphatic carbocycles. The molecule has 0 amide bonds. The lowest BCUT2D eigenvalue weighted by atomic mass is 10.2. The van der Waals surface area contributed by atoms with Crippen LogP contribution in [0.25, 0.3) is 0 Å². The minimum Gasteiger partial charge on any atom is -0.489 e. The maximum absolute atomic E-state index is 5.91. The third kappa shape index (κ3) is 5.38. The van der Waals surface area contributed by atoms with Crippen LogP contribution in [0.15, 0.2) is 84.0 Å². The number of anilines is 1. The number of rotatable bonds is 6. The summed E-state index contributed by atoms with van der Waals surface area (Å²) >= 11 is 0. The topological polar surface area (TPSA) is 28.1 Å². The van der Waals surface area contributed by atoms with Crippen molar-refractivity contribution < 1.29 is 4.74 Å². The van der Waals surface area contributed by atoms with Crippen molar-refractivity contribution in [2.75, 3.05) is 31.1 Å². The fourth-order valence-electron chi connectivity index (χ4n) is 3.40. The van der Waals surface area contributed by atoms with Gasteiger partial charge in [-0.1, -0.05) is 60.2 Å². The highest BCUT2D eigenvalue weighted by Crippen LogP contribution is 2.18. The van der Waals surface area contributed by atoms with Crippen LogP contribution >= 0.6 is 0 Å². The van der Waals surface area contributed by atoms with Crippen molar-refractivity contribution >= 4 is 11.9 Å². The SMILES string of the molecule is Cc1ccc(N2CCN(/N=C\c3cccc(OCc4ccccc4)c3)CC2)cc1. The average molecular weight is 386 g/mol. The molecule has 1 aliphatic rings. The lowest BCUT2D eigenvalue weighted by molar-refractivity contribution is 0.272. The summed E-state index contributed by atoms with van der Waals surface area (Å²) in [6.07, 6.45) is 1.93. The van der Waals surface area contributed by atoms with Crippen LogP contribution in [-0.2, 0) is 6.61 Å². The second-order valence-electron chi connectivity index (χ2n) is 7.37. The second-order valence-corrected chi connectivity index (χ2v) is 7.37. The number of hydrazone groups is 1. The lowest BCUT2D eigenvalue weighted by Crippen LogP contribution is -2.44. The monoisotopic (exact) mass is 385 g/mol. The second kappa shape index (κ2) is 9.28. The predicted octanol–water partition coefficient (Wildman–Crippen LogP) is 4.73. The Hall–Kier alpha value is -3.27. The van der Waals surface area contributed by atoms with Crippen LogP contribution in [-0.4, -0.2) is 37.4 Å². The molecule has 0 bridgehead atoms. The van der Waals surface area contributed by atoms with Gasteiger partial charge in [0.05, 0.1) is 19.3 Å². The summed E-state index contributed by atoms with van der Waals surface area (Å²) in [6, 6.07) is 27.1. The van der Waals surface area contributed by atoms with Gasteiger partial charge >= 0.3 is 0 Å². The van der Waals surface area contributed by atoms with Crippen LogP contribution in [0.1, 0.15) is 16.7 Å². The number of ether oxygens (including phenoxy) is 1. The Balaban J connectivity index is 1.30. The maximum Gasteiger partial charge on any atom is 0.120 e. The number of piperazine rings is 1. The average Bonchev–Trinajstić information content (AvgIpc) is 2.78. The van der Waals surface area contributed by atoms with Crippen LogP contribution in [0.3, 0.4) is 0 Å². The number of hydrogen-bond acceptors (Lipinski definition) is 4. The summed E-state index contributed by atoms with van der Waals surface area (Å²) in [4.78, 5) is 2.42. The minimum atomic E-state index is 0.572. The molecule has 1 fully saturated rings. The molecule has 3 aromatic rings. The first-order chi connectivity index (χ1) is 14.3. The van der Waals surface area contributed by atoms with Gasteiger partial charge in [0.2, 0.25) is 0 Å². The van der Waals surface area contributed by atoms with E-state index in [9.17, 15) is 0 Å². The van der Waals surface area contributed by atoms with E-state index in [2.05, 4.69) is 64.4 Å². The van der Waals surface area contributed by atoms with Gasteiger partial charge in [0.15, 0.2) is 0 Å². The molecule has 1 aliphatic heterocycles. The molecule has 0 saturated carbocycles. The van der Waals surface area contributed by atoms with E-state index in [1.54, 1.807) is 0 Å². The Kier molecular flexibility index (Phi) is 6.10. The Morgan fingerprint density at radius 2 is 1.62 bits per heavy atom. The Morgan fingerprint density at radius 3 is 2.38 bits per heavy atom. The third-order valence-corrected chi connectivity index (χ3v) is 5.13. The molecule has 29 heavy (non-hydrogen) atoms. The molecule has 0 atom stereocenters. The van der Waals surface area contributed by atoms with Gasteiger partial charge < -0.3 is 9.64 Å². The fraction of sp³-hybridized carbons (Fsp3) is 0.240. The van der Waals surface area contributed by atoms with Gasteiger partial charge in [-0.05, 0) is 42.3 Å². The molecule has 4 heteroatoms.